The molecule has 9 heteroatoms. The number of piperazine rings is 1. The maximum Gasteiger partial charge on any atom is 0.416 e. The highest BCUT2D eigenvalue weighted by molar-refractivity contribution is 5.82. The molecule has 1 N–H and O–H groups in total. The monoisotopic (exact) mass is 530 g/mol. The van der Waals surface area contributed by atoms with Crippen molar-refractivity contribution in [1.82, 2.24) is 15.1 Å². The fraction of sp³-hybridized carbons (Fsp3) is 0.552. The number of carbonyl (C=O) groups excluding carboxylic acids is 1. The number of rotatable bonds is 8. The number of nitrogens with zero attached hydrogens (tertiary/aromatic N) is 3. The fourth-order valence-corrected chi connectivity index (χ4v) is 6.02. The molecule has 2 saturated heterocycles. The zero-order valence-corrected chi connectivity index (χ0v) is 21.8. The minimum Gasteiger partial charge on any atom is -0.492 e. The Balaban J connectivity index is 1.27. The molecule has 5 rings (SSSR count). The predicted octanol–water partition coefficient (Wildman–Crippen LogP) is 4.05. The molecule has 38 heavy (non-hydrogen) atoms. The lowest BCUT2D eigenvalue weighted by atomic mass is 9.82. The zero-order valence-electron chi connectivity index (χ0n) is 21.8. The van der Waals surface area contributed by atoms with Gasteiger partial charge in [-0.05, 0) is 68.2 Å². The SMILES string of the molecule is O=C(NCCN1CCCCC1)[C@H]1Cc2cc(C(F)(F)F)ccc2N2CCN(CCOc3ccccc3)C[C@H]12. The van der Waals surface area contributed by atoms with Crippen LogP contribution in [-0.4, -0.2) is 80.7 Å². The summed E-state index contributed by atoms with van der Waals surface area (Å²) in [5, 5.41) is 3.12. The third kappa shape index (κ3) is 6.43. The summed E-state index contributed by atoms with van der Waals surface area (Å²) >= 11 is 0. The van der Waals surface area contributed by atoms with Crippen LogP contribution in [0.1, 0.15) is 30.4 Å². The Labute approximate surface area is 222 Å². The van der Waals surface area contributed by atoms with Gasteiger partial charge in [-0.2, -0.15) is 13.2 Å². The molecule has 206 valence electrons. The summed E-state index contributed by atoms with van der Waals surface area (Å²) in [5.74, 6) is 0.344. The van der Waals surface area contributed by atoms with Gasteiger partial charge in [0.1, 0.15) is 12.4 Å². The molecular formula is C29H37F3N4O2. The van der Waals surface area contributed by atoms with Crippen LogP contribution in [-0.2, 0) is 17.4 Å². The molecule has 2 atom stereocenters. The zero-order chi connectivity index (χ0) is 26.5. The van der Waals surface area contributed by atoms with Gasteiger partial charge in [0.2, 0.25) is 5.91 Å². The summed E-state index contributed by atoms with van der Waals surface area (Å²) < 4.78 is 46.3. The van der Waals surface area contributed by atoms with Gasteiger partial charge in [0, 0.05) is 45.0 Å². The van der Waals surface area contributed by atoms with E-state index in [1.54, 1.807) is 6.07 Å². The minimum atomic E-state index is -4.41. The minimum absolute atomic E-state index is 0.0672. The van der Waals surface area contributed by atoms with E-state index in [4.69, 9.17) is 4.74 Å². The molecule has 2 aromatic carbocycles. The van der Waals surface area contributed by atoms with Crippen molar-refractivity contribution >= 4 is 11.6 Å². The van der Waals surface area contributed by atoms with Gasteiger partial charge in [0.05, 0.1) is 17.5 Å². The number of likely N-dealkylation sites (tertiary alicyclic amines) is 1. The second kappa shape index (κ2) is 11.9. The standard InChI is InChI=1S/C29H37F3N4O2/c30-29(31,32)23-9-10-26-22(19-23)20-25(28(37)33-11-14-34-12-5-2-6-13-34)27-21-35(15-16-36(26)27)17-18-38-24-7-3-1-4-8-24/h1,3-4,7-10,19,25,27H,2,5-6,11-18,20-21H2,(H,33,37)/t25-,27+/m0/s1. The van der Waals surface area contributed by atoms with E-state index in [-0.39, 0.29) is 11.9 Å². The van der Waals surface area contributed by atoms with E-state index in [1.807, 2.05) is 30.3 Å². The molecule has 2 aromatic rings. The highest BCUT2D eigenvalue weighted by Gasteiger charge is 2.42. The molecule has 1 amide bonds. The maximum atomic E-state index is 13.5. The molecule has 0 radical (unpaired) electrons. The number of anilines is 1. The predicted molar refractivity (Wildman–Crippen MR) is 141 cm³/mol. The van der Waals surface area contributed by atoms with E-state index in [9.17, 15) is 18.0 Å². The molecule has 3 aliphatic heterocycles. The molecule has 3 aliphatic rings. The molecule has 0 aliphatic carbocycles. The van der Waals surface area contributed by atoms with Gasteiger partial charge in [-0.3, -0.25) is 9.69 Å². The first-order chi connectivity index (χ1) is 18.4. The first kappa shape index (κ1) is 26.8. The number of fused-ring (bicyclic) bond motifs is 3. The molecule has 3 heterocycles. The van der Waals surface area contributed by atoms with E-state index in [0.29, 0.717) is 38.2 Å². The third-order valence-electron chi connectivity index (χ3n) is 8.06. The van der Waals surface area contributed by atoms with Gasteiger partial charge < -0.3 is 19.9 Å². The summed E-state index contributed by atoms with van der Waals surface area (Å²) in [4.78, 5) is 20.3. The van der Waals surface area contributed by atoms with E-state index in [0.717, 1.165) is 50.2 Å². The molecular weight excluding hydrogens is 493 g/mol. The molecule has 2 fully saturated rings. The molecule has 0 bridgehead atoms. The summed E-state index contributed by atoms with van der Waals surface area (Å²) in [6, 6.07) is 13.6. The lowest BCUT2D eigenvalue weighted by molar-refractivity contribution is -0.137. The molecule has 6 nitrogen and oxygen atoms in total. The number of amides is 1. The summed E-state index contributed by atoms with van der Waals surface area (Å²) in [6.07, 6.45) is -0.458. The number of hydrogen-bond donors (Lipinski definition) is 1. The fourth-order valence-electron chi connectivity index (χ4n) is 6.02. The van der Waals surface area contributed by atoms with Gasteiger partial charge in [0.15, 0.2) is 0 Å². The number of ether oxygens (including phenoxy) is 1. The normalized spacial score (nSPS) is 22.4. The van der Waals surface area contributed by atoms with Crippen molar-refractivity contribution in [3.05, 3.63) is 59.7 Å². The Morgan fingerprint density at radius 3 is 2.50 bits per heavy atom. The number of benzene rings is 2. The Kier molecular flexibility index (Phi) is 8.43. The van der Waals surface area contributed by atoms with Crippen molar-refractivity contribution in [2.75, 3.05) is 63.9 Å². The number of piperidine rings is 1. The van der Waals surface area contributed by atoms with E-state index in [1.165, 1.54) is 25.3 Å². The Morgan fingerprint density at radius 1 is 0.947 bits per heavy atom. The highest BCUT2D eigenvalue weighted by Crippen LogP contribution is 2.39. The Morgan fingerprint density at radius 2 is 1.74 bits per heavy atom. The third-order valence-corrected chi connectivity index (χ3v) is 8.06. The summed E-state index contributed by atoms with van der Waals surface area (Å²) in [6.45, 7) is 6.84. The lowest BCUT2D eigenvalue weighted by Crippen LogP contribution is -2.61. The maximum absolute atomic E-state index is 13.5. The van der Waals surface area contributed by atoms with Gasteiger partial charge in [-0.1, -0.05) is 24.6 Å². The molecule has 0 unspecified atom stereocenters. The van der Waals surface area contributed by atoms with Gasteiger partial charge >= 0.3 is 6.18 Å². The van der Waals surface area contributed by atoms with Crippen molar-refractivity contribution in [3.8, 4) is 5.75 Å². The number of para-hydroxylation sites is 1. The Bertz CT molecular complexity index is 1080. The second-order valence-corrected chi connectivity index (χ2v) is 10.6. The van der Waals surface area contributed by atoms with Crippen LogP contribution in [0.4, 0.5) is 18.9 Å². The van der Waals surface area contributed by atoms with Crippen molar-refractivity contribution in [2.45, 2.75) is 37.9 Å². The quantitative estimate of drug-likeness (QED) is 0.558. The Hall–Kier alpha value is -2.78. The van der Waals surface area contributed by atoms with E-state index < -0.39 is 17.7 Å². The van der Waals surface area contributed by atoms with Crippen LogP contribution in [0.2, 0.25) is 0 Å². The van der Waals surface area contributed by atoms with E-state index in [2.05, 4.69) is 20.0 Å². The largest absolute Gasteiger partial charge is 0.492 e. The van der Waals surface area contributed by atoms with Crippen molar-refractivity contribution in [2.24, 2.45) is 5.92 Å². The van der Waals surface area contributed by atoms with Gasteiger partial charge in [0.25, 0.3) is 0 Å². The van der Waals surface area contributed by atoms with Crippen molar-refractivity contribution < 1.29 is 22.7 Å². The first-order valence-electron chi connectivity index (χ1n) is 13.8. The lowest BCUT2D eigenvalue weighted by Gasteiger charge is -2.49. The molecule has 0 aromatic heterocycles. The molecule has 0 spiro atoms. The van der Waals surface area contributed by atoms with Crippen LogP contribution in [0.25, 0.3) is 0 Å². The van der Waals surface area contributed by atoms with Crippen LogP contribution in [0.5, 0.6) is 5.75 Å². The average Bonchev–Trinajstić information content (AvgIpc) is 2.93. The number of halogens is 3. The van der Waals surface area contributed by atoms with Crippen LogP contribution < -0.4 is 15.0 Å². The number of carbonyl (C=O) groups is 1. The number of nitrogens with one attached hydrogen (secondary N) is 1. The van der Waals surface area contributed by atoms with Crippen LogP contribution in [0.15, 0.2) is 48.5 Å². The van der Waals surface area contributed by atoms with Gasteiger partial charge in [-0.25, -0.2) is 0 Å². The first-order valence-corrected chi connectivity index (χ1v) is 13.8. The second-order valence-electron chi connectivity index (χ2n) is 10.6. The van der Waals surface area contributed by atoms with Crippen LogP contribution in [0, 0.1) is 5.92 Å². The number of alkyl halides is 3. The smallest absolute Gasteiger partial charge is 0.416 e. The van der Waals surface area contributed by atoms with Crippen molar-refractivity contribution in [3.63, 3.8) is 0 Å². The topological polar surface area (TPSA) is 48.1 Å². The average molecular weight is 531 g/mol. The summed E-state index contributed by atoms with van der Waals surface area (Å²) in [7, 11) is 0. The number of hydrogen-bond acceptors (Lipinski definition) is 5. The van der Waals surface area contributed by atoms with Crippen LogP contribution in [0.3, 0.4) is 0 Å². The molecule has 0 saturated carbocycles. The van der Waals surface area contributed by atoms with E-state index >= 15 is 0 Å². The summed E-state index contributed by atoms with van der Waals surface area (Å²) in [5.41, 5.74) is 0.768. The van der Waals surface area contributed by atoms with Crippen molar-refractivity contribution in [1.29, 1.82) is 0 Å². The van der Waals surface area contributed by atoms with Gasteiger partial charge in [-0.15, -0.1) is 0 Å². The van der Waals surface area contributed by atoms with Crippen LogP contribution >= 0.6 is 0 Å². The highest BCUT2D eigenvalue weighted by atomic mass is 19.4.